The van der Waals surface area contributed by atoms with Crippen molar-refractivity contribution in [1.82, 2.24) is 5.32 Å². The maximum absolute atomic E-state index is 12.7. The molecular weight excluding hydrogens is 683 g/mol. The fraction of sp³-hybridized carbons (Fsp3) is 0.886. The zero-order chi connectivity index (χ0) is 39.3. The maximum Gasteiger partial charge on any atom is 0.472 e. The monoisotopic (exact) mass is 772 g/mol. The van der Waals surface area contributed by atoms with Crippen molar-refractivity contribution in [3.8, 4) is 0 Å². The highest BCUT2D eigenvalue weighted by Crippen LogP contribution is 2.43. The van der Waals surface area contributed by atoms with Crippen LogP contribution < -0.4 is 5.32 Å². The molecule has 0 aliphatic heterocycles. The summed E-state index contributed by atoms with van der Waals surface area (Å²) in [5, 5.41) is 13.7. The van der Waals surface area contributed by atoms with Crippen LogP contribution in [0.4, 0.5) is 0 Å². The number of aliphatic hydroxyl groups excluding tert-OH is 1. The van der Waals surface area contributed by atoms with E-state index in [4.69, 9.17) is 9.05 Å². The number of allylic oxidation sites excluding steroid dienone is 3. The van der Waals surface area contributed by atoms with Crippen LogP contribution in [0.1, 0.15) is 200 Å². The lowest BCUT2D eigenvalue weighted by molar-refractivity contribution is -0.870. The van der Waals surface area contributed by atoms with E-state index < -0.39 is 20.0 Å². The molecule has 0 rings (SSSR count). The third-order valence-electron chi connectivity index (χ3n) is 9.92. The van der Waals surface area contributed by atoms with E-state index in [0.717, 1.165) is 38.5 Å². The zero-order valence-corrected chi connectivity index (χ0v) is 36.4. The van der Waals surface area contributed by atoms with Gasteiger partial charge in [0.05, 0.1) is 39.9 Å². The van der Waals surface area contributed by atoms with Gasteiger partial charge < -0.3 is 19.8 Å². The van der Waals surface area contributed by atoms with Crippen molar-refractivity contribution < 1.29 is 32.9 Å². The number of amides is 1. The van der Waals surface area contributed by atoms with Crippen molar-refractivity contribution in [2.24, 2.45) is 0 Å². The van der Waals surface area contributed by atoms with Gasteiger partial charge in [-0.3, -0.25) is 13.8 Å². The van der Waals surface area contributed by atoms with E-state index in [1.54, 1.807) is 6.08 Å². The number of hydrogen-bond donors (Lipinski definition) is 3. The van der Waals surface area contributed by atoms with Gasteiger partial charge >= 0.3 is 7.82 Å². The maximum atomic E-state index is 12.7. The summed E-state index contributed by atoms with van der Waals surface area (Å²) < 4.78 is 23.4. The normalized spacial score (nSPS) is 14.6. The van der Waals surface area contributed by atoms with Gasteiger partial charge in [0.1, 0.15) is 13.2 Å². The molecule has 3 unspecified atom stereocenters. The first-order valence-corrected chi connectivity index (χ1v) is 23.7. The Morgan fingerprint density at radius 1 is 0.623 bits per heavy atom. The van der Waals surface area contributed by atoms with Gasteiger partial charge in [-0.25, -0.2) is 4.57 Å². The number of carbonyl (C=O) groups is 1. The minimum absolute atomic E-state index is 0.0574. The van der Waals surface area contributed by atoms with E-state index >= 15 is 0 Å². The summed E-state index contributed by atoms with van der Waals surface area (Å²) in [5.74, 6) is -0.196. The van der Waals surface area contributed by atoms with Gasteiger partial charge in [-0.05, 0) is 32.1 Å². The molecule has 0 aliphatic carbocycles. The molecule has 53 heavy (non-hydrogen) atoms. The predicted octanol–water partition coefficient (Wildman–Crippen LogP) is 12.1. The highest BCUT2D eigenvalue weighted by molar-refractivity contribution is 7.47. The number of unbranched alkanes of at least 4 members (excludes halogenated alkanes) is 25. The zero-order valence-electron chi connectivity index (χ0n) is 35.5. The molecule has 8 nitrogen and oxygen atoms in total. The van der Waals surface area contributed by atoms with Gasteiger partial charge in [0.15, 0.2) is 0 Å². The first-order chi connectivity index (χ1) is 25.5. The van der Waals surface area contributed by atoms with Crippen molar-refractivity contribution in [2.75, 3.05) is 40.9 Å². The van der Waals surface area contributed by atoms with E-state index in [0.29, 0.717) is 17.4 Å². The molecule has 1 amide bonds. The largest absolute Gasteiger partial charge is 0.472 e. The number of aliphatic hydroxyl groups is 1. The summed E-state index contributed by atoms with van der Waals surface area (Å²) in [5.41, 5.74) is 0. The smallest absolute Gasteiger partial charge is 0.387 e. The molecule has 0 fully saturated rings. The van der Waals surface area contributed by atoms with Crippen LogP contribution in [0.25, 0.3) is 0 Å². The van der Waals surface area contributed by atoms with Gasteiger partial charge in [-0.15, -0.1) is 0 Å². The van der Waals surface area contributed by atoms with Crippen LogP contribution in [0.3, 0.4) is 0 Å². The van der Waals surface area contributed by atoms with Gasteiger partial charge in [-0.1, -0.05) is 186 Å². The van der Waals surface area contributed by atoms with Crippen LogP contribution in [0, 0.1) is 0 Å². The Hall–Kier alpha value is -1.02. The molecule has 0 saturated carbocycles. The molecule has 9 heteroatoms. The fourth-order valence-corrected chi connectivity index (χ4v) is 7.09. The highest BCUT2D eigenvalue weighted by Gasteiger charge is 2.27. The fourth-order valence-electron chi connectivity index (χ4n) is 6.35. The predicted molar refractivity (Wildman–Crippen MR) is 226 cm³/mol. The molecule has 0 heterocycles. The first kappa shape index (κ1) is 52.0. The molecule has 3 N–H and O–H groups in total. The van der Waals surface area contributed by atoms with Gasteiger partial charge in [0.2, 0.25) is 5.91 Å². The molecule has 0 aromatic heterocycles. The minimum atomic E-state index is -4.33. The van der Waals surface area contributed by atoms with Gasteiger partial charge in [-0.2, -0.15) is 0 Å². The van der Waals surface area contributed by atoms with E-state index in [1.165, 1.54) is 141 Å². The van der Waals surface area contributed by atoms with Crippen LogP contribution in [0.15, 0.2) is 24.3 Å². The molecule has 0 aliphatic rings. The second kappa shape index (κ2) is 36.6. The number of likely N-dealkylation sites (N-methyl/N-ethyl adjacent to an activating group) is 1. The average Bonchev–Trinajstić information content (AvgIpc) is 3.10. The number of phosphoric ester groups is 1. The summed E-state index contributed by atoms with van der Waals surface area (Å²) in [6.45, 7) is 4.73. The molecule has 0 aromatic rings. The Kier molecular flexibility index (Phi) is 35.9. The number of nitrogens with zero attached hydrogens (tertiary/aromatic N) is 1. The Balaban J connectivity index is 4.17. The molecule has 314 valence electrons. The van der Waals surface area contributed by atoms with Crippen molar-refractivity contribution in [3.63, 3.8) is 0 Å². The lowest BCUT2D eigenvalue weighted by atomic mass is 10.0. The molecule has 0 saturated heterocycles. The minimum Gasteiger partial charge on any atom is -0.387 e. The second-order valence-corrected chi connectivity index (χ2v) is 17.9. The van der Waals surface area contributed by atoms with E-state index in [2.05, 4.69) is 31.3 Å². The van der Waals surface area contributed by atoms with Crippen LogP contribution in [0.2, 0.25) is 0 Å². The summed E-state index contributed by atoms with van der Waals surface area (Å²) in [4.78, 5) is 22.8. The highest BCUT2D eigenvalue weighted by atomic mass is 31.2. The molecule has 0 bridgehead atoms. The second-order valence-electron chi connectivity index (χ2n) is 16.4. The number of rotatable bonds is 40. The SMILES string of the molecule is CCCCCCCCCCCCCCCCCCCCC/C=C/CC/C=C/C(O)C(COP(=O)(O)OCC[N+](C)(C)C)NC(=O)CCCCCCCC. The van der Waals surface area contributed by atoms with E-state index in [1.807, 2.05) is 27.2 Å². The van der Waals surface area contributed by atoms with Gasteiger partial charge in [0, 0.05) is 6.42 Å². The quantitative estimate of drug-likeness (QED) is 0.0248. The number of carbonyl (C=O) groups excluding carboxylic acids is 1. The molecule has 0 aromatic carbocycles. The van der Waals surface area contributed by atoms with Crippen LogP contribution >= 0.6 is 7.82 Å². The van der Waals surface area contributed by atoms with Gasteiger partial charge in [0.25, 0.3) is 0 Å². The van der Waals surface area contributed by atoms with Crippen LogP contribution in [-0.2, 0) is 18.4 Å². The third-order valence-corrected chi connectivity index (χ3v) is 10.9. The first-order valence-electron chi connectivity index (χ1n) is 22.2. The molecule has 0 spiro atoms. The standard InChI is InChI=1S/C44H87N2O6P/c1-6-8-10-12-14-15-16-17-18-19-20-21-22-23-24-25-26-27-28-29-30-31-32-33-35-37-43(47)42(45-44(48)38-36-34-13-11-9-7-2)41-52-53(49,50)51-40-39-46(3,4)5/h30-31,35,37,42-43,47H,6-29,32-34,36,38-41H2,1-5H3,(H-,45,48,49,50)/p+1/b31-30+,37-35+. The van der Waals surface area contributed by atoms with Crippen molar-refractivity contribution in [2.45, 2.75) is 212 Å². The number of nitrogens with one attached hydrogen (secondary N) is 1. The van der Waals surface area contributed by atoms with Crippen LogP contribution in [-0.4, -0.2) is 73.4 Å². The Labute approximate surface area is 328 Å². The molecular formula is C44H88N2O6P+. The summed E-state index contributed by atoms with van der Waals surface area (Å²) >= 11 is 0. The van der Waals surface area contributed by atoms with E-state index in [9.17, 15) is 19.4 Å². The topological polar surface area (TPSA) is 105 Å². The number of phosphoric acid groups is 1. The summed E-state index contributed by atoms with van der Waals surface area (Å²) in [6.07, 6.45) is 43.0. The summed E-state index contributed by atoms with van der Waals surface area (Å²) in [7, 11) is 1.56. The average molecular weight is 772 g/mol. The Bertz CT molecular complexity index is 922. The Morgan fingerprint density at radius 2 is 1.04 bits per heavy atom. The summed E-state index contributed by atoms with van der Waals surface area (Å²) in [6, 6.07) is -0.855. The Morgan fingerprint density at radius 3 is 1.51 bits per heavy atom. The lowest BCUT2D eigenvalue weighted by Crippen LogP contribution is -2.45. The van der Waals surface area contributed by atoms with Crippen molar-refractivity contribution in [1.29, 1.82) is 0 Å². The molecule has 3 atom stereocenters. The number of quaternary nitrogens is 1. The number of hydrogen-bond acceptors (Lipinski definition) is 5. The molecule has 0 radical (unpaired) electrons. The third kappa shape index (κ3) is 39.0. The van der Waals surface area contributed by atoms with Crippen molar-refractivity contribution >= 4 is 13.7 Å². The van der Waals surface area contributed by atoms with Crippen LogP contribution in [0.5, 0.6) is 0 Å². The lowest BCUT2D eigenvalue weighted by Gasteiger charge is -2.25. The van der Waals surface area contributed by atoms with Crippen molar-refractivity contribution in [3.05, 3.63) is 24.3 Å². The van der Waals surface area contributed by atoms with E-state index in [-0.39, 0.29) is 19.1 Å².